The first-order valence-electron chi connectivity index (χ1n) is 11.6. The summed E-state index contributed by atoms with van der Waals surface area (Å²) >= 11 is 1.14. The Morgan fingerprint density at radius 3 is 2.41 bits per heavy atom. The van der Waals surface area contributed by atoms with Crippen LogP contribution in [0.25, 0.3) is 0 Å². The van der Waals surface area contributed by atoms with Gasteiger partial charge in [-0.15, -0.1) is 11.3 Å². The fourth-order valence-electron chi connectivity index (χ4n) is 4.69. The zero-order valence-electron chi connectivity index (χ0n) is 19.3. The number of sulfonamides is 1. The molecule has 0 radical (unpaired) electrons. The van der Waals surface area contributed by atoms with Crippen molar-refractivity contribution < 1.29 is 13.2 Å². The Morgan fingerprint density at radius 2 is 1.65 bits per heavy atom. The molecule has 34 heavy (non-hydrogen) atoms. The summed E-state index contributed by atoms with van der Waals surface area (Å²) in [5, 5.41) is 1.69. The van der Waals surface area contributed by atoms with E-state index >= 15 is 0 Å². The number of fused-ring (bicyclic) bond motifs is 1. The number of thiophene rings is 1. The molecule has 1 fully saturated rings. The van der Waals surface area contributed by atoms with Crippen LogP contribution in [-0.2, 0) is 29.5 Å². The predicted molar refractivity (Wildman–Crippen MR) is 134 cm³/mol. The summed E-state index contributed by atoms with van der Waals surface area (Å²) in [6.07, 6.45) is 0.708. The second-order valence-electron chi connectivity index (χ2n) is 9.01. The minimum Gasteiger partial charge on any atom is -0.336 e. The van der Waals surface area contributed by atoms with Crippen molar-refractivity contribution in [1.29, 1.82) is 0 Å². The van der Waals surface area contributed by atoms with E-state index in [1.54, 1.807) is 11.4 Å². The maximum atomic E-state index is 13.3. The van der Waals surface area contributed by atoms with Gasteiger partial charge in [0, 0.05) is 51.2 Å². The number of carbonyl (C=O) groups excluding carboxylic acids is 1. The van der Waals surface area contributed by atoms with E-state index in [4.69, 9.17) is 0 Å². The summed E-state index contributed by atoms with van der Waals surface area (Å²) in [6, 6.07) is 17.9. The summed E-state index contributed by atoms with van der Waals surface area (Å²) in [5.41, 5.74) is 5.32. The van der Waals surface area contributed by atoms with Gasteiger partial charge >= 0.3 is 0 Å². The van der Waals surface area contributed by atoms with Crippen LogP contribution in [0.2, 0.25) is 0 Å². The van der Waals surface area contributed by atoms with E-state index in [0.29, 0.717) is 38.2 Å². The molecule has 3 heterocycles. The molecular weight excluding hydrogens is 466 g/mol. The minimum atomic E-state index is -3.62. The Morgan fingerprint density at radius 1 is 0.941 bits per heavy atom. The summed E-state index contributed by atoms with van der Waals surface area (Å²) < 4.78 is 28.3. The molecule has 178 valence electrons. The lowest BCUT2D eigenvalue weighted by molar-refractivity contribution is 0.0628. The fraction of sp³-hybridized carbons (Fsp3) is 0.346. The smallest absolute Gasteiger partial charge is 0.254 e. The van der Waals surface area contributed by atoms with Crippen molar-refractivity contribution in [2.24, 2.45) is 0 Å². The van der Waals surface area contributed by atoms with Gasteiger partial charge in [0.05, 0.1) is 5.56 Å². The van der Waals surface area contributed by atoms with E-state index in [0.717, 1.165) is 36.5 Å². The van der Waals surface area contributed by atoms with Gasteiger partial charge in [0.2, 0.25) is 0 Å². The lowest BCUT2D eigenvalue weighted by Gasteiger charge is -2.34. The second-order valence-corrected chi connectivity index (χ2v) is 12.1. The van der Waals surface area contributed by atoms with Crippen LogP contribution in [0.1, 0.15) is 32.6 Å². The van der Waals surface area contributed by atoms with Crippen LogP contribution in [0, 0.1) is 6.92 Å². The highest BCUT2D eigenvalue weighted by molar-refractivity contribution is 7.91. The number of rotatable bonds is 5. The van der Waals surface area contributed by atoms with Crippen LogP contribution in [0.5, 0.6) is 0 Å². The number of hydrogen-bond acceptors (Lipinski definition) is 5. The highest BCUT2D eigenvalue weighted by Gasteiger charge is 2.31. The number of nitrogens with zero attached hydrogens (tertiary/aromatic N) is 3. The molecule has 1 aromatic heterocycles. The molecule has 0 N–H and O–H groups in total. The molecule has 2 aliphatic rings. The molecule has 0 saturated carbocycles. The summed E-state index contributed by atoms with van der Waals surface area (Å²) in [4.78, 5) is 17.3. The lowest BCUT2D eigenvalue weighted by atomic mass is 10.0. The Hall–Kier alpha value is -2.52. The molecule has 8 heteroatoms. The van der Waals surface area contributed by atoms with Gasteiger partial charge in [0.1, 0.15) is 4.21 Å². The average molecular weight is 496 g/mol. The van der Waals surface area contributed by atoms with Crippen LogP contribution in [0.15, 0.2) is 64.2 Å². The van der Waals surface area contributed by atoms with Gasteiger partial charge in [-0.25, -0.2) is 8.42 Å². The highest BCUT2D eigenvalue weighted by Crippen LogP contribution is 2.29. The molecule has 1 amide bonds. The Balaban J connectivity index is 1.22. The van der Waals surface area contributed by atoms with Gasteiger partial charge in [-0.2, -0.15) is 4.31 Å². The lowest BCUT2D eigenvalue weighted by Crippen LogP contribution is -2.48. The van der Waals surface area contributed by atoms with Crippen molar-refractivity contribution in [1.82, 2.24) is 14.1 Å². The van der Waals surface area contributed by atoms with Crippen molar-refractivity contribution in [2.75, 3.05) is 32.7 Å². The number of piperazine rings is 1. The molecule has 5 rings (SSSR count). The molecular formula is C26H29N3O3S2. The number of carbonyl (C=O) groups is 1. The molecule has 1 saturated heterocycles. The van der Waals surface area contributed by atoms with E-state index in [9.17, 15) is 13.2 Å². The van der Waals surface area contributed by atoms with Gasteiger partial charge in [-0.1, -0.05) is 48.5 Å². The Labute approximate surface area is 205 Å². The Bertz CT molecular complexity index is 1290. The van der Waals surface area contributed by atoms with Crippen LogP contribution in [0.3, 0.4) is 0 Å². The largest absolute Gasteiger partial charge is 0.336 e. The maximum Gasteiger partial charge on any atom is 0.254 e. The van der Waals surface area contributed by atoms with Gasteiger partial charge in [0.25, 0.3) is 15.9 Å². The molecule has 0 bridgehead atoms. The third-order valence-electron chi connectivity index (χ3n) is 6.83. The number of amides is 1. The number of hydrogen-bond donors (Lipinski definition) is 0. The third-order valence-corrected chi connectivity index (χ3v) is 10.1. The van der Waals surface area contributed by atoms with Crippen molar-refractivity contribution >= 4 is 27.3 Å². The van der Waals surface area contributed by atoms with E-state index in [2.05, 4.69) is 42.2 Å². The molecule has 0 unspecified atom stereocenters. The molecule has 6 nitrogen and oxygen atoms in total. The van der Waals surface area contributed by atoms with Gasteiger partial charge in [0.15, 0.2) is 0 Å². The predicted octanol–water partition coefficient (Wildman–Crippen LogP) is 3.76. The first kappa shape index (κ1) is 23.2. The number of benzene rings is 2. The molecule has 0 atom stereocenters. The van der Waals surface area contributed by atoms with Crippen molar-refractivity contribution in [3.63, 3.8) is 0 Å². The molecule has 0 spiro atoms. The summed E-state index contributed by atoms with van der Waals surface area (Å²) in [6.45, 7) is 6.75. The first-order chi connectivity index (χ1) is 16.4. The zero-order valence-corrected chi connectivity index (χ0v) is 20.9. The zero-order chi connectivity index (χ0) is 23.7. The van der Waals surface area contributed by atoms with Gasteiger partial charge in [-0.05, 0) is 41.7 Å². The second kappa shape index (κ2) is 9.62. The Kier molecular flexibility index (Phi) is 6.57. The van der Waals surface area contributed by atoms with E-state index in [-0.39, 0.29) is 10.1 Å². The van der Waals surface area contributed by atoms with Crippen molar-refractivity contribution in [2.45, 2.75) is 30.6 Å². The maximum absolute atomic E-state index is 13.3. The van der Waals surface area contributed by atoms with E-state index < -0.39 is 10.0 Å². The van der Waals surface area contributed by atoms with Crippen LogP contribution < -0.4 is 0 Å². The fourth-order valence-corrected chi connectivity index (χ4v) is 7.41. The van der Waals surface area contributed by atoms with Crippen LogP contribution in [-0.4, -0.2) is 61.2 Å². The topological polar surface area (TPSA) is 60.9 Å². The highest BCUT2D eigenvalue weighted by atomic mass is 32.2. The number of aryl methyl sites for hydroxylation is 1. The van der Waals surface area contributed by atoms with Crippen LogP contribution in [0.4, 0.5) is 0 Å². The average Bonchev–Trinajstić information content (AvgIpc) is 3.36. The van der Waals surface area contributed by atoms with Crippen LogP contribution >= 0.6 is 11.3 Å². The monoisotopic (exact) mass is 495 g/mol. The summed E-state index contributed by atoms with van der Waals surface area (Å²) in [5.74, 6) is -0.0859. The third kappa shape index (κ3) is 4.68. The SMILES string of the molecule is Cc1ccccc1CN1CCN(C(=O)c2csc(S(=O)(=O)N3CCc4ccccc4C3)c2)CC1. The van der Waals surface area contributed by atoms with E-state index in [1.807, 2.05) is 23.1 Å². The standard InChI is InChI=1S/C26H29N3O3S2/c1-20-6-2-3-8-22(20)17-27-12-14-28(15-13-27)26(30)24-16-25(33-19-24)34(31,32)29-11-10-21-7-4-5-9-23(21)18-29/h2-9,16,19H,10-15,17-18H2,1H3. The molecule has 0 aliphatic carbocycles. The summed E-state index contributed by atoms with van der Waals surface area (Å²) in [7, 11) is -3.62. The quantitative estimate of drug-likeness (QED) is 0.541. The molecule has 2 aliphatic heterocycles. The van der Waals surface area contributed by atoms with Gasteiger partial charge < -0.3 is 4.90 Å². The van der Waals surface area contributed by atoms with Gasteiger partial charge in [-0.3, -0.25) is 9.69 Å². The normalized spacial score (nSPS) is 17.5. The van der Waals surface area contributed by atoms with Crippen molar-refractivity contribution in [3.8, 4) is 0 Å². The van der Waals surface area contributed by atoms with Crippen molar-refractivity contribution in [3.05, 3.63) is 87.8 Å². The molecule has 2 aromatic carbocycles. The molecule has 3 aromatic rings. The van der Waals surface area contributed by atoms with E-state index in [1.165, 1.54) is 21.0 Å². The first-order valence-corrected chi connectivity index (χ1v) is 14.0. The minimum absolute atomic E-state index is 0.0859.